The third kappa shape index (κ3) is 3.81. The molecule has 0 saturated heterocycles. The van der Waals surface area contributed by atoms with E-state index in [2.05, 4.69) is 31.2 Å². The van der Waals surface area contributed by atoms with E-state index in [1.165, 1.54) is 11.6 Å². The maximum atomic E-state index is 12.0. The van der Waals surface area contributed by atoms with Gasteiger partial charge in [-0.3, -0.25) is 14.3 Å². The van der Waals surface area contributed by atoms with Crippen LogP contribution in [0, 0.1) is 0 Å². The van der Waals surface area contributed by atoms with Crippen molar-refractivity contribution in [3.8, 4) is 0 Å². The summed E-state index contributed by atoms with van der Waals surface area (Å²) in [5.41, 5.74) is -1.13. The molecule has 2 aromatic rings. The van der Waals surface area contributed by atoms with Gasteiger partial charge in [0.1, 0.15) is 5.60 Å². The maximum Gasteiger partial charge on any atom is 0.407 e. The minimum Gasteiger partial charge on any atom is -0.444 e. The van der Waals surface area contributed by atoms with Crippen molar-refractivity contribution >= 4 is 33.2 Å². The van der Waals surface area contributed by atoms with Crippen molar-refractivity contribution in [3.63, 3.8) is 0 Å². The molecule has 0 aliphatic carbocycles. The summed E-state index contributed by atoms with van der Waals surface area (Å²) in [5.74, 6) is 0. The number of aromatic amines is 1. The normalized spacial score (nSPS) is 11.7. The van der Waals surface area contributed by atoms with Crippen LogP contribution in [0.5, 0.6) is 0 Å². The van der Waals surface area contributed by atoms with Gasteiger partial charge in [-0.25, -0.2) is 14.6 Å². The Morgan fingerprint density at radius 2 is 2.04 bits per heavy atom. The van der Waals surface area contributed by atoms with E-state index in [1.54, 1.807) is 25.3 Å². The summed E-state index contributed by atoms with van der Waals surface area (Å²) >= 11 is 3.26. The highest BCUT2D eigenvalue weighted by Crippen LogP contribution is 2.15. The van der Waals surface area contributed by atoms with Gasteiger partial charge in [0, 0.05) is 20.1 Å². The third-order valence-corrected chi connectivity index (χ3v) is 3.57. The molecule has 0 aliphatic rings. The molecule has 0 fully saturated rings. The van der Waals surface area contributed by atoms with Crippen LogP contribution < -0.4 is 16.6 Å². The first-order valence-corrected chi connectivity index (χ1v) is 7.71. The monoisotopic (exact) mass is 387 g/mol. The van der Waals surface area contributed by atoms with Crippen LogP contribution in [0.3, 0.4) is 0 Å². The summed E-state index contributed by atoms with van der Waals surface area (Å²) in [6.45, 7) is 5.84. The molecule has 126 valence electrons. The van der Waals surface area contributed by atoms with E-state index < -0.39 is 22.9 Å². The highest BCUT2D eigenvalue weighted by atomic mass is 79.9. The van der Waals surface area contributed by atoms with Crippen molar-refractivity contribution in [2.75, 3.05) is 6.54 Å². The number of fused-ring (bicyclic) bond motifs is 1. The van der Waals surface area contributed by atoms with E-state index in [9.17, 15) is 14.4 Å². The number of ether oxygens (including phenoxy) is 1. The summed E-state index contributed by atoms with van der Waals surface area (Å²) < 4.78 is 8.35. The average Bonchev–Trinajstić information content (AvgIpc) is 2.72. The molecule has 2 rings (SSSR count). The number of alkyl carbamates (subject to hydrolysis) is 1. The first-order valence-electron chi connectivity index (χ1n) is 6.92. The molecule has 9 nitrogen and oxygen atoms in total. The fourth-order valence-electron chi connectivity index (χ4n) is 2.00. The lowest BCUT2D eigenvalue weighted by molar-refractivity contribution is 0.0526. The van der Waals surface area contributed by atoms with Crippen LogP contribution in [0.1, 0.15) is 20.8 Å². The number of carbonyl (C=O) groups is 1. The highest BCUT2D eigenvalue weighted by Gasteiger charge is 2.17. The number of halogens is 1. The molecule has 0 atom stereocenters. The lowest BCUT2D eigenvalue weighted by Gasteiger charge is -2.19. The minimum absolute atomic E-state index is 0.237. The number of carbonyl (C=O) groups excluding carboxylic acids is 1. The average molecular weight is 388 g/mol. The Bertz CT molecular complexity index is 858. The van der Waals surface area contributed by atoms with Gasteiger partial charge in [0.25, 0.3) is 5.56 Å². The number of amides is 1. The largest absolute Gasteiger partial charge is 0.444 e. The molecular weight excluding hydrogens is 370 g/mol. The number of aryl methyl sites for hydroxylation is 1. The van der Waals surface area contributed by atoms with Crippen molar-refractivity contribution in [3.05, 3.63) is 25.6 Å². The van der Waals surface area contributed by atoms with Crippen LogP contribution in [-0.4, -0.2) is 37.3 Å². The van der Waals surface area contributed by atoms with Crippen molar-refractivity contribution < 1.29 is 9.53 Å². The van der Waals surface area contributed by atoms with E-state index in [0.717, 1.165) is 0 Å². The molecule has 0 saturated carbocycles. The van der Waals surface area contributed by atoms with Crippen LogP contribution in [0.25, 0.3) is 11.2 Å². The molecule has 0 radical (unpaired) electrons. The number of hydrogen-bond acceptors (Lipinski definition) is 5. The lowest BCUT2D eigenvalue weighted by Crippen LogP contribution is -2.34. The van der Waals surface area contributed by atoms with Crippen molar-refractivity contribution in [1.29, 1.82) is 0 Å². The smallest absolute Gasteiger partial charge is 0.407 e. The van der Waals surface area contributed by atoms with Gasteiger partial charge >= 0.3 is 11.8 Å². The number of H-pyrrole nitrogens is 1. The topological polar surface area (TPSA) is 111 Å². The van der Waals surface area contributed by atoms with Crippen LogP contribution in [0.2, 0.25) is 0 Å². The van der Waals surface area contributed by atoms with Gasteiger partial charge in [0.2, 0.25) is 0 Å². The van der Waals surface area contributed by atoms with Crippen LogP contribution >= 0.6 is 15.9 Å². The van der Waals surface area contributed by atoms with Crippen molar-refractivity contribution in [1.82, 2.24) is 24.4 Å². The first kappa shape index (κ1) is 17.3. The first-order chi connectivity index (χ1) is 10.6. The summed E-state index contributed by atoms with van der Waals surface area (Å²) in [5, 5.41) is 2.60. The fraction of sp³-hybridized carbons (Fsp3) is 0.538. The van der Waals surface area contributed by atoms with Gasteiger partial charge in [0.15, 0.2) is 15.9 Å². The van der Waals surface area contributed by atoms with E-state index in [-0.39, 0.29) is 24.3 Å². The van der Waals surface area contributed by atoms with Crippen LogP contribution in [0.15, 0.2) is 14.3 Å². The molecule has 0 bridgehead atoms. The minimum atomic E-state index is -0.582. The van der Waals surface area contributed by atoms with E-state index >= 15 is 0 Å². The molecule has 10 heteroatoms. The fourth-order valence-corrected chi connectivity index (χ4v) is 2.52. The Kier molecular flexibility index (Phi) is 4.64. The Labute approximate surface area is 139 Å². The van der Waals surface area contributed by atoms with Crippen molar-refractivity contribution in [2.24, 2.45) is 7.05 Å². The van der Waals surface area contributed by atoms with Gasteiger partial charge in [0.05, 0.1) is 0 Å². The molecule has 23 heavy (non-hydrogen) atoms. The third-order valence-electron chi connectivity index (χ3n) is 2.96. The molecular formula is C13H18BrN5O4. The Morgan fingerprint density at radius 3 is 2.65 bits per heavy atom. The maximum absolute atomic E-state index is 12.0. The summed E-state index contributed by atoms with van der Waals surface area (Å²) in [4.78, 5) is 41.6. The number of nitrogens with zero attached hydrogens (tertiary/aromatic N) is 3. The second kappa shape index (κ2) is 6.19. The quantitative estimate of drug-likeness (QED) is 0.753. The Morgan fingerprint density at radius 1 is 1.39 bits per heavy atom. The van der Waals surface area contributed by atoms with E-state index in [4.69, 9.17) is 4.74 Å². The zero-order valence-corrected chi connectivity index (χ0v) is 14.9. The highest BCUT2D eigenvalue weighted by molar-refractivity contribution is 9.10. The summed E-state index contributed by atoms with van der Waals surface area (Å²) in [6.07, 6.45) is -0.542. The van der Waals surface area contributed by atoms with Gasteiger partial charge in [-0.1, -0.05) is 0 Å². The van der Waals surface area contributed by atoms with E-state index in [1.807, 2.05) is 0 Å². The number of aromatic nitrogens is 4. The SMILES string of the molecule is Cn1c(=O)[nH]c(=O)c2c1nc(Br)n2CCNC(=O)OC(C)(C)C. The molecule has 0 aromatic carbocycles. The zero-order chi connectivity index (χ0) is 17.4. The van der Waals surface area contributed by atoms with E-state index in [0.29, 0.717) is 4.73 Å². The van der Waals surface area contributed by atoms with Crippen molar-refractivity contribution in [2.45, 2.75) is 32.9 Å². The predicted molar refractivity (Wildman–Crippen MR) is 87.5 cm³/mol. The zero-order valence-electron chi connectivity index (χ0n) is 13.3. The molecule has 0 aliphatic heterocycles. The van der Waals surface area contributed by atoms with Gasteiger partial charge in [-0.2, -0.15) is 0 Å². The molecule has 2 aromatic heterocycles. The lowest BCUT2D eigenvalue weighted by atomic mass is 10.2. The summed E-state index contributed by atoms with van der Waals surface area (Å²) in [6, 6.07) is 0. The van der Waals surface area contributed by atoms with Gasteiger partial charge in [-0.05, 0) is 36.7 Å². The second-order valence-corrected chi connectivity index (χ2v) is 6.66. The molecule has 1 amide bonds. The molecule has 0 spiro atoms. The number of nitrogens with one attached hydrogen (secondary N) is 2. The second-order valence-electron chi connectivity index (χ2n) is 5.95. The standard InChI is InChI=1S/C13H18BrN5O4/c1-13(2,3)23-12(22)15-5-6-19-7-8(16-10(19)14)18(4)11(21)17-9(7)20/h5-6H2,1-4H3,(H,15,22)(H,17,20,21). The number of rotatable bonds is 3. The molecule has 2 heterocycles. The van der Waals surface area contributed by atoms with Gasteiger partial charge in [-0.15, -0.1) is 0 Å². The Balaban J connectivity index is 2.20. The molecule has 0 unspecified atom stereocenters. The summed E-state index contributed by atoms with van der Waals surface area (Å²) in [7, 11) is 1.52. The van der Waals surface area contributed by atoms with Crippen LogP contribution in [-0.2, 0) is 18.3 Å². The van der Waals surface area contributed by atoms with Crippen LogP contribution in [0.4, 0.5) is 4.79 Å². The Hall–Kier alpha value is -2.10. The molecule has 2 N–H and O–H groups in total. The predicted octanol–water partition coefficient (Wildman–Crippen LogP) is 0.710. The number of imidazole rings is 1. The number of hydrogen-bond donors (Lipinski definition) is 2. The van der Waals surface area contributed by atoms with Gasteiger partial charge < -0.3 is 14.6 Å².